The Labute approximate surface area is 174 Å². The lowest BCUT2D eigenvalue weighted by Gasteiger charge is -2.19. The van der Waals surface area contributed by atoms with Gasteiger partial charge in [0.05, 0.1) is 18.6 Å². The van der Waals surface area contributed by atoms with E-state index in [1.165, 1.54) is 12.1 Å². The lowest BCUT2D eigenvalue weighted by atomic mass is 9.87. The second-order valence-electron chi connectivity index (χ2n) is 7.61. The van der Waals surface area contributed by atoms with Crippen molar-refractivity contribution in [1.29, 1.82) is 0 Å². The number of aromatic nitrogens is 1. The van der Waals surface area contributed by atoms with Gasteiger partial charge in [-0.25, -0.2) is 12.8 Å². The molecule has 2 atom stereocenters. The van der Waals surface area contributed by atoms with Crippen LogP contribution in [0, 0.1) is 5.82 Å². The van der Waals surface area contributed by atoms with Crippen molar-refractivity contribution in [2.24, 2.45) is 0 Å². The zero-order chi connectivity index (χ0) is 21.3. The van der Waals surface area contributed by atoms with Crippen LogP contribution in [0.1, 0.15) is 29.9 Å². The number of H-pyrrole nitrogens is 1. The zero-order valence-corrected chi connectivity index (χ0v) is 17.3. The van der Waals surface area contributed by atoms with Crippen molar-refractivity contribution in [2.75, 3.05) is 18.6 Å². The summed E-state index contributed by atoms with van der Waals surface area (Å²) in [4.78, 5) is 16.0. The Morgan fingerprint density at radius 1 is 1.30 bits per heavy atom. The van der Waals surface area contributed by atoms with E-state index in [-0.39, 0.29) is 35.7 Å². The Morgan fingerprint density at radius 3 is 2.80 bits per heavy atom. The van der Waals surface area contributed by atoms with Crippen molar-refractivity contribution in [3.05, 3.63) is 65.6 Å². The normalized spacial score (nSPS) is 18.9. The number of hydrogen-bond acceptors (Lipinski definition) is 4. The molecule has 30 heavy (non-hydrogen) atoms. The van der Waals surface area contributed by atoms with Gasteiger partial charge in [-0.2, -0.15) is 0 Å². The molecule has 4 rings (SSSR count). The Kier molecular flexibility index (Phi) is 5.51. The van der Waals surface area contributed by atoms with E-state index in [4.69, 9.17) is 4.74 Å². The third-order valence-corrected chi connectivity index (χ3v) is 7.30. The van der Waals surface area contributed by atoms with Gasteiger partial charge in [-0.3, -0.25) is 4.79 Å². The Balaban J connectivity index is 1.69. The van der Waals surface area contributed by atoms with Crippen molar-refractivity contribution in [2.45, 2.75) is 24.8 Å². The number of fused-ring (bicyclic) bond motifs is 1. The minimum absolute atomic E-state index is 0.0374. The van der Waals surface area contributed by atoms with Crippen LogP contribution >= 0.6 is 0 Å². The summed E-state index contributed by atoms with van der Waals surface area (Å²) in [6.45, 7) is 0. The van der Waals surface area contributed by atoms with E-state index < -0.39 is 15.8 Å². The highest BCUT2D eigenvalue weighted by Gasteiger charge is 2.30. The van der Waals surface area contributed by atoms with E-state index in [2.05, 4.69) is 10.3 Å². The monoisotopic (exact) mass is 430 g/mol. The third kappa shape index (κ3) is 4.18. The molecule has 1 saturated heterocycles. The number of carbonyl (C=O) groups excluding carboxylic acids is 1. The van der Waals surface area contributed by atoms with Crippen LogP contribution in [-0.4, -0.2) is 44.0 Å². The van der Waals surface area contributed by atoms with Gasteiger partial charge in [0.25, 0.3) is 0 Å². The summed E-state index contributed by atoms with van der Waals surface area (Å²) < 4.78 is 42.9. The van der Waals surface area contributed by atoms with Gasteiger partial charge in [0.1, 0.15) is 11.6 Å². The molecule has 0 bridgehead atoms. The van der Waals surface area contributed by atoms with Gasteiger partial charge in [-0.05, 0) is 41.8 Å². The van der Waals surface area contributed by atoms with Crippen molar-refractivity contribution in [3.63, 3.8) is 0 Å². The van der Waals surface area contributed by atoms with Crippen molar-refractivity contribution in [1.82, 2.24) is 10.3 Å². The molecule has 1 fully saturated rings. The largest absolute Gasteiger partial charge is 0.496 e. The molecule has 158 valence electrons. The fraction of sp³-hybridized carbons (Fsp3) is 0.318. The number of benzene rings is 2. The molecule has 6 nitrogen and oxygen atoms in total. The molecule has 2 N–H and O–H groups in total. The highest BCUT2D eigenvalue weighted by atomic mass is 32.2. The highest BCUT2D eigenvalue weighted by molar-refractivity contribution is 7.91. The van der Waals surface area contributed by atoms with Crippen LogP contribution in [-0.2, 0) is 14.6 Å². The molecule has 0 spiro atoms. The maximum Gasteiger partial charge on any atom is 0.221 e. The average molecular weight is 431 g/mol. The van der Waals surface area contributed by atoms with Gasteiger partial charge in [0.15, 0.2) is 9.84 Å². The summed E-state index contributed by atoms with van der Waals surface area (Å²) >= 11 is 0. The predicted molar refractivity (Wildman–Crippen MR) is 113 cm³/mol. The fourth-order valence-corrected chi connectivity index (χ4v) is 5.81. The molecule has 0 saturated carbocycles. The number of rotatable bonds is 6. The quantitative estimate of drug-likeness (QED) is 0.629. The standard InChI is InChI=1S/C22H23FN2O4S/c1-29-20-7-3-6-19-22(20)18(12-24-19)17(14-4-2-5-15(23)10-14)11-21(26)25-16-8-9-30(27,28)13-16/h2-7,10,12,16-17,24H,8-9,11,13H2,1H3,(H,25,26)/t16-,17+/m1/s1. The second-order valence-corrected chi connectivity index (χ2v) is 9.83. The van der Waals surface area contributed by atoms with Crippen LogP contribution in [0.2, 0.25) is 0 Å². The lowest BCUT2D eigenvalue weighted by Crippen LogP contribution is -2.36. The summed E-state index contributed by atoms with van der Waals surface area (Å²) in [6.07, 6.45) is 2.29. The van der Waals surface area contributed by atoms with Crippen LogP contribution in [0.25, 0.3) is 10.9 Å². The second kappa shape index (κ2) is 8.10. The number of nitrogens with one attached hydrogen (secondary N) is 2. The van der Waals surface area contributed by atoms with Gasteiger partial charge >= 0.3 is 0 Å². The summed E-state index contributed by atoms with van der Waals surface area (Å²) in [5, 5.41) is 3.67. The Bertz CT molecular complexity index is 1190. The first-order chi connectivity index (χ1) is 14.4. The molecule has 1 aromatic heterocycles. The highest BCUT2D eigenvalue weighted by Crippen LogP contribution is 2.38. The minimum Gasteiger partial charge on any atom is -0.496 e. The van der Waals surface area contributed by atoms with E-state index in [0.29, 0.717) is 17.7 Å². The molecular formula is C22H23FN2O4S. The van der Waals surface area contributed by atoms with E-state index in [1.54, 1.807) is 19.2 Å². The summed E-state index contributed by atoms with van der Waals surface area (Å²) in [5.41, 5.74) is 2.34. The Morgan fingerprint density at radius 2 is 2.10 bits per heavy atom. The van der Waals surface area contributed by atoms with Gasteiger partial charge in [0, 0.05) is 35.5 Å². The molecule has 1 aliphatic rings. The van der Waals surface area contributed by atoms with E-state index in [9.17, 15) is 17.6 Å². The van der Waals surface area contributed by atoms with Gasteiger partial charge < -0.3 is 15.0 Å². The molecule has 0 unspecified atom stereocenters. The van der Waals surface area contributed by atoms with Crippen LogP contribution in [0.15, 0.2) is 48.7 Å². The molecular weight excluding hydrogens is 407 g/mol. The number of hydrogen-bond donors (Lipinski definition) is 2. The fourth-order valence-electron chi connectivity index (χ4n) is 4.13. The number of sulfone groups is 1. The number of methoxy groups -OCH3 is 1. The number of ether oxygens (including phenoxy) is 1. The molecule has 0 radical (unpaired) electrons. The first kappa shape index (κ1) is 20.4. The van der Waals surface area contributed by atoms with Crippen LogP contribution in [0.3, 0.4) is 0 Å². The van der Waals surface area contributed by atoms with E-state index in [1.807, 2.05) is 24.4 Å². The first-order valence-electron chi connectivity index (χ1n) is 9.75. The average Bonchev–Trinajstić information content (AvgIpc) is 3.28. The van der Waals surface area contributed by atoms with Gasteiger partial charge in [-0.1, -0.05) is 18.2 Å². The number of amides is 1. The van der Waals surface area contributed by atoms with E-state index in [0.717, 1.165) is 16.5 Å². The predicted octanol–water partition coefficient (Wildman–Crippen LogP) is 3.14. The van der Waals surface area contributed by atoms with Crippen molar-refractivity contribution >= 4 is 26.6 Å². The van der Waals surface area contributed by atoms with Crippen LogP contribution in [0.5, 0.6) is 5.75 Å². The zero-order valence-electron chi connectivity index (χ0n) is 16.5. The van der Waals surface area contributed by atoms with E-state index >= 15 is 0 Å². The van der Waals surface area contributed by atoms with Gasteiger partial charge in [0.2, 0.25) is 5.91 Å². The Hall–Kier alpha value is -2.87. The third-order valence-electron chi connectivity index (χ3n) is 5.53. The maximum atomic E-state index is 14.0. The summed E-state index contributed by atoms with van der Waals surface area (Å²) in [6, 6.07) is 11.4. The first-order valence-corrected chi connectivity index (χ1v) is 11.6. The summed E-state index contributed by atoms with van der Waals surface area (Å²) in [5.74, 6) is -0.367. The molecule has 2 aromatic carbocycles. The molecule has 2 heterocycles. The van der Waals surface area contributed by atoms with Crippen LogP contribution in [0.4, 0.5) is 4.39 Å². The number of aromatic amines is 1. The molecule has 1 amide bonds. The minimum atomic E-state index is -3.09. The number of halogens is 1. The maximum absolute atomic E-state index is 14.0. The topological polar surface area (TPSA) is 88.3 Å². The SMILES string of the molecule is COc1cccc2[nH]cc([C@@H](CC(=O)N[C@@H]3CCS(=O)(=O)C3)c3cccc(F)c3)c12. The van der Waals surface area contributed by atoms with Gasteiger partial charge in [-0.15, -0.1) is 0 Å². The van der Waals surface area contributed by atoms with Crippen molar-refractivity contribution in [3.8, 4) is 5.75 Å². The molecule has 0 aliphatic carbocycles. The number of carbonyl (C=O) groups is 1. The van der Waals surface area contributed by atoms with Crippen LogP contribution < -0.4 is 10.1 Å². The smallest absolute Gasteiger partial charge is 0.221 e. The molecule has 3 aromatic rings. The lowest BCUT2D eigenvalue weighted by molar-refractivity contribution is -0.121. The molecule has 8 heteroatoms. The summed E-state index contributed by atoms with van der Waals surface area (Å²) in [7, 11) is -1.51. The molecule has 1 aliphatic heterocycles. The van der Waals surface area contributed by atoms with Crippen molar-refractivity contribution < 1.29 is 22.3 Å².